The van der Waals surface area contributed by atoms with Crippen molar-refractivity contribution in [1.82, 2.24) is 0 Å². The van der Waals surface area contributed by atoms with Crippen LogP contribution in [0.1, 0.15) is 81.7 Å². The molecule has 3 rings (SSSR count). The Kier molecular flexibility index (Phi) is 5.92. The highest BCUT2D eigenvalue weighted by Gasteiger charge is 2.66. The zero-order valence-corrected chi connectivity index (χ0v) is 21.4. The maximum atomic E-state index is 6.87. The van der Waals surface area contributed by atoms with E-state index in [-0.39, 0.29) is 22.9 Å². The van der Waals surface area contributed by atoms with E-state index >= 15 is 0 Å². The van der Waals surface area contributed by atoms with E-state index in [0.29, 0.717) is 0 Å². The molecule has 0 N–H and O–H groups in total. The van der Waals surface area contributed by atoms with Gasteiger partial charge in [-0.3, -0.25) is 0 Å². The van der Waals surface area contributed by atoms with E-state index in [2.05, 4.69) is 91.8 Å². The van der Waals surface area contributed by atoms with Crippen molar-refractivity contribution in [3.8, 4) is 0 Å². The van der Waals surface area contributed by atoms with Crippen molar-refractivity contribution < 1.29 is 14.5 Å². The molecule has 0 bridgehead atoms. The van der Waals surface area contributed by atoms with Gasteiger partial charge in [-0.2, -0.15) is 0 Å². The first-order valence-corrected chi connectivity index (χ1v) is 11.5. The van der Waals surface area contributed by atoms with E-state index in [1.54, 1.807) is 0 Å². The smallest absolute Gasteiger partial charge is 0.166 e. The van der Waals surface area contributed by atoms with Crippen molar-refractivity contribution in [3.05, 3.63) is 59.2 Å². The SMILES string of the molecule is CC(C)(C)OOC1(c2ccccc2)C2C=C(C(C)(C)C)C=C(C(C)(C)C)C2OC1(C)C. The molecule has 1 heterocycles. The quantitative estimate of drug-likeness (QED) is 0.373. The molecule has 172 valence electrons. The van der Waals surface area contributed by atoms with Gasteiger partial charge in [0.15, 0.2) is 5.60 Å². The standard InChI is InChI=1S/C28H42O3/c1-24(2,3)20-17-21(25(4,5)6)23-22(18-20)28(27(10,11)29-23,31-30-26(7,8)9)19-15-13-12-14-16-19/h12-18,22-23H,1-11H3. The Labute approximate surface area is 189 Å². The highest BCUT2D eigenvalue weighted by atomic mass is 17.2. The maximum absolute atomic E-state index is 6.87. The van der Waals surface area contributed by atoms with Gasteiger partial charge >= 0.3 is 0 Å². The Balaban J connectivity index is 2.28. The Morgan fingerprint density at radius 2 is 1.42 bits per heavy atom. The summed E-state index contributed by atoms with van der Waals surface area (Å²) in [6, 6.07) is 10.5. The molecule has 1 aliphatic heterocycles. The first-order valence-electron chi connectivity index (χ1n) is 11.5. The summed E-state index contributed by atoms with van der Waals surface area (Å²) in [5, 5.41) is 0. The van der Waals surface area contributed by atoms with Crippen LogP contribution in [0.15, 0.2) is 53.6 Å². The van der Waals surface area contributed by atoms with Gasteiger partial charge in [-0.25, -0.2) is 9.78 Å². The van der Waals surface area contributed by atoms with Crippen molar-refractivity contribution in [3.63, 3.8) is 0 Å². The Hall–Kier alpha value is -1.42. The van der Waals surface area contributed by atoms with E-state index in [1.807, 2.05) is 26.8 Å². The number of allylic oxidation sites excluding steroid dienone is 2. The molecule has 1 saturated heterocycles. The number of ether oxygens (including phenoxy) is 1. The molecule has 0 saturated carbocycles. The average Bonchev–Trinajstić information content (AvgIpc) is 2.84. The van der Waals surface area contributed by atoms with Crippen LogP contribution in [0.3, 0.4) is 0 Å². The molecule has 1 fully saturated rings. The van der Waals surface area contributed by atoms with Crippen molar-refractivity contribution in [1.29, 1.82) is 0 Å². The minimum absolute atomic E-state index is 0.0132. The second kappa shape index (κ2) is 7.57. The van der Waals surface area contributed by atoms with Gasteiger partial charge in [0.05, 0.1) is 11.7 Å². The molecule has 3 atom stereocenters. The summed E-state index contributed by atoms with van der Waals surface area (Å²) in [7, 11) is 0. The minimum Gasteiger partial charge on any atom is -0.364 e. The van der Waals surface area contributed by atoms with Crippen LogP contribution in [0.2, 0.25) is 0 Å². The second-order valence-corrected chi connectivity index (χ2v) is 12.7. The third-order valence-electron chi connectivity index (χ3n) is 6.45. The van der Waals surface area contributed by atoms with Crippen molar-refractivity contribution >= 4 is 0 Å². The Morgan fingerprint density at radius 3 is 1.90 bits per heavy atom. The van der Waals surface area contributed by atoms with Crippen LogP contribution in [0.4, 0.5) is 0 Å². The lowest BCUT2D eigenvalue weighted by Crippen LogP contribution is -2.51. The van der Waals surface area contributed by atoms with Gasteiger partial charge in [0.1, 0.15) is 5.60 Å². The fourth-order valence-electron chi connectivity index (χ4n) is 4.78. The third-order valence-corrected chi connectivity index (χ3v) is 6.45. The second-order valence-electron chi connectivity index (χ2n) is 12.7. The molecule has 1 aliphatic carbocycles. The molecule has 3 heteroatoms. The van der Waals surface area contributed by atoms with Gasteiger partial charge in [0.2, 0.25) is 0 Å². The largest absolute Gasteiger partial charge is 0.364 e. The summed E-state index contributed by atoms with van der Waals surface area (Å²) in [4.78, 5) is 12.6. The molecule has 1 aromatic carbocycles. The first-order chi connectivity index (χ1) is 14.0. The lowest BCUT2D eigenvalue weighted by Gasteiger charge is -2.44. The molecular weight excluding hydrogens is 384 g/mol. The predicted molar refractivity (Wildman–Crippen MR) is 128 cm³/mol. The molecule has 3 nitrogen and oxygen atoms in total. The first kappa shape index (κ1) is 24.2. The number of hydrogen-bond donors (Lipinski definition) is 0. The number of fused-ring (bicyclic) bond motifs is 1. The topological polar surface area (TPSA) is 27.7 Å². The van der Waals surface area contributed by atoms with E-state index in [0.717, 1.165) is 5.56 Å². The summed E-state index contributed by atoms with van der Waals surface area (Å²) in [6.07, 6.45) is 4.67. The molecule has 2 aliphatic rings. The summed E-state index contributed by atoms with van der Waals surface area (Å²) >= 11 is 0. The minimum atomic E-state index is -0.784. The van der Waals surface area contributed by atoms with Crippen molar-refractivity contribution in [2.75, 3.05) is 0 Å². The molecule has 1 aromatic rings. The normalized spacial score (nSPS) is 28.7. The molecular formula is C28H42O3. The molecule has 0 aromatic heterocycles. The van der Waals surface area contributed by atoms with Crippen LogP contribution >= 0.6 is 0 Å². The van der Waals surface area contributed by atoms with Gasteiger partial charge in [-0.15, -0.1) is 0 Å². The van der Waals surface area contributed by atoms with Gasteiger partial charge in [0, 0.05) is 5.92 Å². The van der Waals surface area contributed by atoms with E-state index in [1.165, 1.54) is 11.1 Å². The number of rotatable bonds is 3. The van der Waals surface area contributed by atoms with Crippen molar-refractivity contribution in [2.45, 2.75) is 99.1 Å². The molecule has 3 unspecified atom stereocenters. The van der Waals surface area contributed by atoms with E-state index in [9.17, 15) is 0 Å². The summed E-state index contributed by atoms with van der Waals surface area (Å²) in [6.45, 7) is 23.9. The van der Waals surface area contributed by atoms with Gasteiger partial charge in [0.25, 0.3) is 0 Å². The third kappa shape index (κ3) is 4.42. The maximum Gasteiger partial charge on any atom is 0.166 e. The van der Waals surface area contributed by atoms with Crippen LogP contribution in [-0.2, 0) is 20.1 Å². The predicted octanol–water partition coefficient (Wildman–Crippen LogP) is 7.38. The summed E-state index contributed by atoms with van der Waals surface area (Å²) < 4.78 is 6.87. The van der Waals surface area contributed by atoms with Crippen molar-refractivity contribution in [2.24, 2.45) is 16.7 Å². The fraction of sp³-hybridized carbons (Fsp3) is 0.643. The Morgan fingerprint density at radius 1 is 0.839 bits per heavy atom. The van der Waals surface area contributed by atoms with Crippen LogP contribution in [0.5, 0.6) is 0 Å². The van der Waals surface area contributed by atoms with Gasteiger partial charge in [-0.1, -0.05) is 84.0 Å². The average molecular weight is 427 g/mol. The number of hydrogen-bond acceptors (Lipinski definition) is 3. The summed E-state index contributed by atoms with van der Waals surface area (Å²) in [5.41, 5.74) is 1.87. The van der Waals surface area contributed by atoms with E-state index in [4.69, 9.17) is 14.5 Å². The molecule has 0 radical (unpaired) electrons. The van der Waals surface area contributed by atoms with Gasteiger partial charge < -0.3 is 4.74 Å². The molecule has 0 amide bonds. The lowest BCUT2D eigenvalue weighted by atomic mass is 9.64. The summed E-state index contributed by atoms with van der Waals surface area (Å²) in [5.74, 6) is -0.0132. The molecule has 31 heavy (non-hydrogen) atoms. The van der Waals surface area contributed by atoms with Crippen LogP contribution in [-0.4, -0.2) is 17.3 Å². The Bertz CT molecular complexity index is 856. The molecule has 0 spiro atoms. The van der Waals surface area contributed by atoms with Gasteiger partial charge in [-0.05, 0) is 62.2 Å². The highest BCUT2D eigenvalue weighted by molar-refractivity contribution is 5.45. The van der Waals surface area contributed by atoms with Crippen LogP contribution in [0.25, 0.3) is 0 Å². The van der Waals surface area contributed by atoms with E-state index < -0.39 is 16.8 Å². The number of benzene rings is 1. The monoisotopic (exact) mass is 426 g/mol. The lowest BCUT2D eigenvalue weighted by molar-refractivity contribution is -0.428. The zero-order valence-electron chi connectivity index (χ0n) is 21.4. The van der Waals surface area contributed by atoms with Crippen LogP contribution in [0, 0.1) is 16.7 Å². The highest BCUT2D eigenvalue weighted by Crippen LogP contribution is 2.59. The fourth-order valence-corrected chi connectivity index (χ4v) is 4.78. The zero-order chi connectivity index (χ0) is 23.5. The van der Waals surface area contributed by atoms with Crippen LogP contribution < -0.4 is 0 Å².